The van der Waals surface area contributed by atoms with E-state index in [2.05, 4.69) is 45.9 Å². The number of fused-ring (bicyclic) bond motifs is 1. The molecule has 1 aromatic carbocycles. The Morgan fingerprint density at radius 1 is 1.29 bits per heavy atom. The molecule has 4 atom stereocenters. The molecule has 0 bridgehead atoms. The first-order valence-electron chi connectivity index (χ1n) is 6.93. The number of hydrogen-bond donors (Lipinski definition) is 1. The number of benzene rings is 1. The van der Waals surface area contributed by atoms with E-state index in [0.29, 0.717) is 5.92 Å². The summed E-state index contributed by atoms with van der Waals surface area (Å²) in [5.74, 6) is 2.91. The summed E-state index contributed by atoms with van der Waals surface area (Å²) in [6.45, 7) is 9.40. The van der Waals surface area contributed by atoms with Crippen LogP contribution in [0, 0.1) is 11.8 Å². The molecule has 1 aliphatic rings. The molecule has 0 amide bonds. The number of anilines is 1. The van der Waals surface area contributed by atoms with E-state index in [1.54, 1.807) is 5.56 Å². The molecular formula is C16H25N. The van der Waals surface area contributed by atoms with Crippen molar-refractivity contribution in [3.63, 3.8) is 0 Å². The van der Waals surface area contributed by atoms with Crippen LogP contribution in [0.3, 0.4) is 0 Å². The average Bonchev–Trinajstić information content (AvgIpc) is 2.33. The zero-order valence-corrected chi connectivity index (χ0v) is 11.5. The van der Waals surface area contributed by atoms with Crippen molar-refractivity contribution in [2.45, 2.75) is 52.4 Å². The maximum atomic E-state index is 5.94. The van der Waals surface area contributed by atoms with Gasteiger partial charge in [-0.2, -0.15) is 0 Å². The minimum Gasteiger partial charge on any atom is -0.399 e. The highest BCUT2D eigenvalue weighted by Gasteiger charge is 2.32. The Balaban J connectivity index is 2.45. The highest BCUT2D eigenvalue weighted by Crippen LogP contribution is 2.46. The van der Waals surface area contributed by atoms with Crippen LogP contribution in [0.25, 0.3) is 0 Å². The fourth-order valence-corrected chi connectivity index (χ4v) is 3.19. The molecular weight excluding hydrogens is 206 g/mol. The SMILES string of the molecule is CC[C@H](C)C1CC(C)C(C)c2cc(N)ccc21. The Labute approximate surface area is 105 Å². The molecule has 1 aromatic rings. The molecule has 0 fully saturated rings. The molecule has 0 spiro atoms. The summed E-state index contributed by atoms with van der Waals surface area (Å²) in [4.78, 5) is 0. The van der Waals surface area contributed by atoms with Crippen LogP contribution in [0.5, 0.6) is 0 Å². The first-order valence-corrected chi connectivity index (χ1v) is 6.93. The van der Waals surface area contributed by atoms with E-state index >= 15 is 0 Å². The molecule has 1 nitrogen and oxygen atoms in total. The van der Waals surface area contributed by atoms with Crippen molar-refractivity contribution in [1.29, 1.82) is 0 Å². The Morgan fingerprint density at radius 2 is 2.00 bits per heavy atom. The summed E-state index contributed by atoms with van der Waals surface area (Å²) in [6.07, 6.45) is 2.59. The van der Waals surface area contributed by atoms with E-state index in [4.69, 9.17) is 5.73 Å². The zero-order chi connectivity index (χ0) is 12.6. The van der Waals surface area contributed by atoms with Crippen LogP contribution in [0.2, 0.25) is 0 Å². The van der Waals surface area contributed by atoms with E-state index < -0.39 is 0 Å². The molecule has 94 valence electrons. The normalized spacial score (nSPS) is 29.8. The molecule has 1 aliphatic carbocycles. The molecule has 1 heteroatoms. The van der Waals surface area contributed by atoms with E-state index in [0.717, 1.165) is 23.4 Å². The Morgan fingerprint density at radius 3 is 2.65 bits per heavy atom. The minimum atomic E-state index is 0.647. The van der Waals surface area contributed by atoms with Crippen LogP contribution in [0.4, 0.5) is 5.69 Å². The van der Waals surface area contributed by atoms with Crippen LogP contribution in [-0.4, -0.2) is 0 Å². The second-order valence-electron chi connectivity index (χ2n) is 5.88. The maximum Gasteiger partial charge on any atom is 0.0317 e. The summed E-state index contributed by atoms with van der Waals surface area (Å²) < 4.78 is 0. The van der Waals surface area contributed by atoms with Gasteiger partial charge in [-0.05, 0) is 53.4 Å². The van der Waals surface area contributed by atoms with Gasteiger partial charge in [0.05, 0.1) is 0 Å². The van der Waals surface area contributed by atoms with Gasteiger partial charge in [-0.25, -0.2) is 0 Å². The lowest BCUT2D eigenvalue weighted by atomic mass is 9.67. The summed E-state index contributed by atoms with van der Waals surface area (Å²) in [6, 6.07) is 6.53. The number of rotatable bonds is 2. The summed E-state index contributed by atoms with van der Waals surface area (Å²) in [5, 5.41) is 0. The van der Waals surface area contributed by atoms with Crippen LogP contribution < -0.4 is 5.73 Å². The van der Waals surface area contributed by atoms with Crippen LogP contribution >= 0.6 is 0 Å². The number of hydrogen-bond acceptors (Lipinski definition) is 1. The quantitative estimate of drug-likeness (QED) is 0.743. The molecule has 3 unspecified atom stereocenters. The van der Waals surface area contributed by atoms with Crippen molar-refractivity contribution >= 4 is 5.69 Å². The van der Waals surface area contributed by atoms with E-state index in [9.17, 15) is 0 Å². The smallest absolute Gasteiger partial charge is 0.0317 e. The maximum absolute atomic E-state index is 5.94. The molecule has 17 heavy (non-hydrogen) atoms. The van der Waals surface area contributed by atoms with E-state index in [-0.39, 0.29) is 0 Å². The first kappa shape index (κ1) is 12.5. The Bertz CT molecular complexity index is 397. The number of nitrogen functional groups attached to an aromatic ring is 1. The highest BCUT2D eigenvalue weighted by molar-refractivity contribution is 5.48. The molecule has 0 aromatic heterocycles. The summed E-state index contributed by atoms with van der Waals surface area (Å²) in [7, 11) is 0. The van der Waals surface area contributed by atoms with Crippen molar-refractivity contribution in [2.75, 3.05) is 5.73 Å². The first-order chi connectivity index (χ1) is 8.04. The van der Waals surface area contributed by atoms with Gasteiger partial charge >= 0.3 is 0 Å². The van der Waals surface area contributed by atoms with Gasteiger partial charge in [0.25, 0.3) is 0 Å². The molecule has 0 heterocycles. The minimum absolute atomic E-state index is 0.647. The lowest BCUT2D eigenvalue weighted by Crippen LogP contribution is -2.24. The molecule has 0 saturated heterocycles. The lowest BCUT2D eigenvalue weighted by Gasteiger charge is -2.37. The van der Waals surface area contributed by atoms with Crippen LogP contribution in [-0.2, 0) is 0 Å². The van der Waals surface area contributed by atoms with Gasteiger partial charge in [-0.1, -0.05) is 40.2 Å². The Kier molecular flexibility index (Phi) is 3.46. The van der Waals surface area contributed by atoms with Gasteiger partial charge in [-0.3, -0.25) is 0 Å². The van der Waals surface area contributed by atoms with Crippen molar-refractivity contribution in [3.05, 3.63) is 29.3 Å². The lowest BCUT2D eigenvalue weighted by molar-refractivity contribution is 0.311. The monoisotopic (exact) mass is 231 g/mol. The summed E-state index contributed by atoms with van der Waals surface area (Å²) >= 11 is 0. The molecule has 2 N–H and O–H groups in total. The van der Waals surface area contributed by atoms with Gasteiger partial charge in [0.2, 0.25) is 0 Å². The van der Waals surface area contributed by atoms with Crippen LogP contribution in [0.1, 0.15) is 63.5 Å². The summed E-state index contributed by atoms with van der Waals surface area (Å²) in [5.41, 5.74) is 9.90. The number of nitrogens with two attached hydrogens (primary N) is 1. The third-order valence-corrected chi connectivity index (χ3v) is 4.81. The molecule has 0 saturated carbocycles. The van der Waals surface area contributed by atoms with Gasteiger partial charge in [0.15, 0.2) is 0 Å². The fraction of sp³-hybridized carbons (Fsp3) is 0.625. The van der Waals surface area contributed by atoms with Crippen molar-refractivity contribution in [1.82, 2.24) is 0 Å². The molecule has 0 aliphatic heterocycles. The second-order valence-corrected chi connectivity index (χ2v) is 5.88. The molecule has 0 radical (unpaired) electrons. The van der Waals surface area contributed by atoms with Gasteiger partial charge < -0.3 is 5.73 Å². The topological polar surface area (TPSA) is 26.0 Å². The van der Waals surface area contributed by atoms with Crippen molar-refractivity contribution < 1.29 is 0 Å². The highest BCUT2D eigenvalue weighted by atomic mass is 14.5. The zero-order valence-electron chi connectivity index (χ0n) is 11.5. The molecule has 2 rings (SSSR count). The van der Waals surface area contributed by atoms with Gasteiger partial charge in [-0.15, -0.1) is 0 Å². The van der Waals surface area contributed by atoms with E-state index in [1.807, 2.05) is 0 Å². The van der Waals surface area contributed by atoms with Gasteiger partial charge in [0, 0.05) is 5.69 Å². The second kappa shape index (κ2) is 4.72. The predicted octanol–water partition coefficient (Wildman–Crippen LogP) is 4.54. The standard InChI is InChI=1S/C16H25N/c1-5-10(2)15-8-11(3)12(4)16-9-13(17)6-7-14(15)16/h6-7,9-12,15H,5,8,17H2,1-4H3/t10-,11?,12?,15?/m0/s1. The van der Waals surface area contributed by atoms with Crippen LogP contribution in [0.15, 0.2) is 18.2 Å². The Hall–Kier alpha value is -0.980. The largest absolute Gasteiger partial charge is 0.399 e. The van der Waals surface area contributed by atoms with Crippen molar-refractivity contribution in [3.8, 4) is 0 Å². The third-order valence-electron chi connectivity index (χ3n) is 4.81. The van der Waals surface area contributed by atoms with Crippen molar-refractivity contribution in [2.24, 2.45) is 11.8 Å². The fourth-order valence-electron chi connectivity index (χ4n) is 3.19. The predicted molar refractivity (Wildman–Crippen MR) is 75.2 cm³/mol. The third kappa shape index (κ3) is 2.20. The van der Waals surface area contributed by atoms with Gasteiger partial charge in [0.1, 0.15) is 0 Å². The average molecular weight is 231 g/mol. The van der Waals surface area contributed by atoms with E-state index in [1.165, 1.54) is 18.4 Å².